The van der Waals surface area contributed by atoms with Gasteiger partial charge in [0.25, 0.3) is 5.91 Å². The van der Waals surface area contributed by atoms with Crippen LogP contribution in [-0.2, 0) is 20.8 Å². The Hall–Kier alpha value is -1.50. The molecule has 0 unspecified atom stereocenters. The Morgan fingerprint density at radius 3 is 3.06 bits per heavy atom. The summed E-state index contributed by atoms with van der Waals surface area (Å²) < 4.78 is 9.86. The zero-order valence-electron chi connectivity index (χ0n) is 9.81. The number of pyridine rings is 1. The Balaban J connectivity index is 2.34. The van der Waals surface area contributed by atoms with Crippen molar-refractivity contribution in [3.63, 3.8) is 0 Å². The molecule has 0 aliphatic rings. The normalized spacial score (nSPS) is 10.2. The van der Waals surface area contributed by atoms with Crippen LogP contribution < -0.4 is 11.1 Å². The highest BCUT2D eigenvalue weighted by atomic mass is 16.5. The highest BCUT2D eigenvalue weighted by Crippen LogP contribution is 2.05. The van der Waals surface area contributed by atoms with E-state index in [-0.39, 0.29) is 12.5 Å². The molecule has 0 saturated carbocycles. The fourth-order valence-corrected chi connectivity index (χ4v) is 1.16. The van der Waals surface area contributed by atoms with Crippen molar-refractivity contribution in [3.05, 3.63) is 23.9 Å². The van der Waals surface area contributed by atoms with E-state index in [1.54, 1.807) is 25.4 Å². The minimum Gasteiger partial charge on any atom is -0.382 e. The third-order valence-electron chi connectivity index (χ3n) is 1.99. The van der Waals surface area contributed by atoms with Gasteiger partial charge in [0.15, 0.2) is 0 Å². The second-order valence-corrected chi connectivity index (χ2v) is 3.35. The number of amides is 1. The first-order valence-electron chi connectivity index (χ1n) is 5.27. The predicted molar refractivity (Wildman–Crippen MR) is 63.5 cm³/mol. The largest absolute Gasteiger partial charge is 0.382 e. The van der Waals surface area contributed by atoms with Crippen molar-refractivity contribution in [3.8, 4) is 0 Å². The van der Waals surface area contributed by atoms with Gasteiger partial charge < -0.3 is 20.5 Å². The lowest BCUT2D eigenvalue weighted by Crippen LogP contribution is -2.20. The molecule has 0 spiro atoms. The molecule has 0 saturated heterocycles. The first kappa shape index (κ1) is 13.6. The smallest absolute Gasteiger partial charge is 0.251 e. The van der Waals surface area contributed by atoms with E-state index in [2.05, 4.69) is 10.3 Å². The van der Waals surface area contributed by atoms with Gasteiger partial charge in [0.2, 0.25) is 0 Å². The van der Waals surface area contributed by atoms with E-state index < -0.39 is 0 Å². The summed E-state index contributed by atoms with van der Waals surface area (Å²) >= 11 is 0. The number of nitrogens with two attached hydrogens (primary N) is 1. The Kier molecular flexibility index (Phi) is 6.16. The zero-order valence-corrected chi connectivity index (χ0v) is 9.81. The third-order valence-corrected chi connectivity index (χ3v) is 1.99. The minimum atomic E-state index is -0.247. The molecule has 6 nitrogen and oxygen atoms in total. The van der Waals surface area contributed by atoms with Crippen molar-refractivity contribution in [2.45, 2.75) is 6.54 Å². The Morgan fingerprint density at radius 1 is 1.53 bits per heavy atom. The van der Waals surface area contributed by atoms with Crippen LogP contribution in [0.4, 0.5) is 5.82 Å². The molecule has 0 atom stereocenters. The summed E-state index contributed by atoms with van der Waals surface area (Å²) in [7, 11) is 1.58. The number of methoxy groups -OCH3 is 1. The molecule has 0 fully saturated rings. The molecule has 1 aromatic heterocycles. The molecule has 1 amide bonds. The van der Waals surface area contributed by atoms with Gasteiger partial charge in [-0.1, -0.05) is 0 Å². The predicted octanol–water partition coefficient (Wildman–Crippen LogP) is 0.142. The maximum Gasteiger partial charge on any atom is 0.251 e. The molecule has 0 aliphatic carbocycles. The lowest BCUT2D eigenvalue weighted by molar-refractivity contribution is -0.121. The van der Waals surface area contributed by atoms with Crippen molar-refractivity contribution in [2.75, 3.05) is 32.2 Å². The van der Waals surface area contributed by atoms with Gasteiger partial charge in [-0.25, -0.2) is 4.98 Å². The maximum absolute atomic E-state index is 11.4. The molecule has 94 valence electrons. The minimum absolute atomic E-state index is 0.0160. The van der Waals surface area contributed by atoms with Crippen LogP contribution in [0.3, 0.4) is 0 Å². The Labute approximate surface area is 100 Å². The highest BCUT2D eigenvalue weighted by Gasteiger charge is 2.03. The number of carbonyl (C=O) groups is 1. The van der Waals surface area contributed by atoms with Gasteiger partial charge in [-0.05, 0) is 17.7 Å². The summed E-state index contributed by atoms with van der Waals surface area (Å²) in [5.41, 5.74) is 6.40. The molecule has 1 heterocycles. The molecule has 0 bridgehead atoms. The lowest BCUT2D eigenvalue weighted by Gasteiger charge is -2.06. The number of rotatable bonds is 7. The van der Waals surface area contributed by atoms with Crippen LogP contribution in [0.5, 0.6) is 0 Å². The maximum atomic E-state index is 11.4. The van der Waals surface area contributed by atoms with E-state index in [0.717, 1.165) is 5.56 Å². The molecule has 0 aliphatic heterocycles. The fraction of sp³-hybridized carbons (Fsp3) is 0.455. The van der Waals surface area contributed by atoms with E-state index >= 15 is 0 Å². The van der Waals surface area contributed by atoms with Crippen molar-refractivity contribution in [1.29, 1.82) is 0 Å². The zero-order chi connectivity index (χ0) is 12.5. The standard InChI is InChI=1S/C11H17N3O3/c1-16-4-5-17-8-11(15)14-10-6-9(7-12)2-3-13-10/h2-3,6H,4-5,7-8,12H2,1H3,(H,13,14,15). The van der Waals surface area contributed by atoms with Crippen LogP contribution in [0.15, 0.2) is 18.3 Å². The van der Waals surface area contributed by atoms with Crippen LogP contribution in [0.2, 0.25) is 0 Å². The van der Waals surface area contributed by atoms with Gasteiger partial charge >= 0.3 is 0 Å². The molecule has 0 radical (unpaired) electrons. The average molecular weight is 239 g/mol. The second kappa shape index (κ2) is 7.72. The number of hydrogen-bond acceptors (Lipinski definition) is 5. The van der Waals surface area contributed by atoms with Crippen LogP contribution in [0.1, 0.15) is 5.56 Å². The molecule has 1 aromatic rings. The summed E-state index contributed by atoms with van der Waals surface area (Å²) in [4.78, 5) is 15.4. The van der Waals surface area contributed by atoms with E-state index in [9.17, 15) is 4.79 Å². The van der Waals surface area contributed by atoms with E-state index in [0.29, 0.717) is 25.6 Å². The van der Waals surface area contributed by atoms with Crippen LogP contribution >= 0.6 is 0 Å². The molecule has 17 heavy (non-hydrogen) atoms. The third kappa shape index (κ3) is 5.39. The van der Waals surface area contributed by atoms with Gasteiger partial charge in [-0.3, -0.25) is 4.79 Å². The first-order valence-corrected chi connectivity index (χ1v) is 5.27. The van der Waals surface area contributed by atoms with Crippen molar-refractivity contribution in [2.24, 2.45) is 5.73 Å². The summed E-state index contributed by atoms with van der Waals surface area (Å²) in [6.45, 7) is 1.25. The number of hydrogen-bond donors (Lipinski definition) is 2. The number of nitrogens with one attached hydrogen (secondary N) is 1. The second-order valence-electron chi connectivity index (χ2n) is 3.35. The van der Waals surface area contributed by atoms with Crippen LogP contribution in [0, 0.1) is 0 Å². The Bertz CT molecular complexity index is 358. The van der Waals surface area contributed by atoms with E-state index in [4.69, 9.17) is 15.2 Å². The Morgan fingerprint density at radius 2 is 2.35 bits per heavy atom. The highest BCUT2D eigenvalue weighted by molar-refractivity contribution is 5.90. The number of nitrogens with zero attached hydrogens (tertiary/aromatic N) is 1. The number of anilines is 1. The van der Waals surface area contributed by atoms with Gasteiger partial charge in [0, 0.05) is 19.9 Å². The van der Waals surface area contributed by atoms with Crippen LogP contribution in [-0.4, -0.2) is 37.8 Å². The molecule has 3 N–H and O–H groups in total. The SMILES string of the molecule is COCCOCC(=O)Nc1cc(CN)ccn1. The van der Waals surface area contributed by atoms with Crippen LogP contribution in [0.25, 0.3) is 0 Å². The molecule has 0 aromatic carbocycles. The van der Waals surface area contributed by atoms with E-state index in [1.807, 2.05) is 0 Å². The number of carbonyl (C=O) groups excluding carboxylic acids is 1. The summed E-state index contributed by atoms with van der Waals surface area (Å²) in [6.07, 6.45) is 1.60. The van der Waals surface area contributed by atoms with Gasteiger partial charge in [0.05, 0.1) is 13.2 Å². The number of ether oxygens (including phenoxy) is 2. The molecular weight excluding hydrogens is 222 g/mol. The fourth-order valence-electron chi connectivity index (χ4n) is 1.16. The quantitative estimate of drug-likeness (QED) is 0.661. The topological polar surface area (TPSA) is 86.5 Å². The van der Waals surface area contributed by atoms with Crippen molar-refractivity contribution < 1.29 is 14.3 Å². The summed E-state index contributed by atoms with van der Waals surface area (Å²) in [5, 5.41) is 2.62. The average Bonchev–Trinajstić information content (AvgIpc) is 2.35. The van der Waals surface area contributed by atoms with Gasteiger partial charge in [-0.15, -0.1) is 0 Å². The molecule has 1 rings (SSSR count). The van der Waals surface area contributed by atoms with Crippen molar-refractivity contribution in [1.82, 2.24) is 4.98 Å². The molecular formula is C11H17N3O3. The molecule has 6 heteroatoms. The van der Waals surface area contributed by atoms with Gasteiger partial charge in [-0.2, -0.15) is 0 Å². The lowest BCUT2D eigenvalue weighted by atomic mass is 10.2. The van der Waals surface area contributed by atoms with Gasteiger partial charge in [0.1, 0.15) is 12.4 Å². The summed E-state index contributed by atoms with van der Waals surface area (Å²) in [6, 6.07) is 3.53. The number of aromatic nitrogens is 1. The van der Waals surface area contributed by atoms with E-state index in [1.165, 1.54) is 0 Å². The first-order chi connectivity index (χ1) is 8.26. The monoisotopic (exact) mass is 239 g/mol. The summed E-state index contributed by atoms with van der Waals surface area (Å²) in [5.74, 6) is 0.232. The van der Waals surface area contributed by atoms with Crippen molar-refractivity contribution >= 4 is 11.7 Å².